The van der Waals surface area contributed by atoms with Gasteiger partial charge in [0.25, 0.3) is 5.91 Å². The van der Waals surface area contributed by atoms with E-state index in [9.17, 15) is 14.0 Å². The Morgan fingerprint density at radius 3 is 2.46 bits per heavy atom. The number of aromatic nitrogens is 3. The lowest BCUT2D eigenvalue weighted by molar-refractivity contribution is -0.145. The van der Waals surface area contributed by atoms with Crippen molar-refractivity contribution in [2.45, 2.75) is 63.3 Å². The first-order valence-corrected chi connectivity index (χ1v) is 13.6. The average Bonchev–Trinajstić information content (AvgIpc) is 3.48. The molecule has 0 unspecified atom stereocenters. The number of benzene rings is 2. The van der Waals surface area contributed by atoms with Crippen LogP contribution >= 0.6 is 0 Å². The highest BCUT2D eigenvalue weighted by Crippen LogP contribution is 2.40. The molecule has 5 atom stereocenters. The molecule has 0 spiro atoms. The summed E-state index contributed by atoms with van der Waals surface area (Å²) in [5, 5.41) is 14.3. The standard InChI is InChI=1S/C29H35FN6O3/c1-19-17-35(18-20(2)39-19)29(38)26(4-3-13-31-27-16-25(27)21-5-9-23(30)10-6-21)33-28(37)22-7-11-24(12-8-22)36-15-14-32-34-36/h5-12,14-15,19-20,25-27,31H,3-4,13,16-18H2,1-2H3,(H,33,37)/t19-,20+,25-,26-,27+/m0/s1. The molecule has 0 radical (unpaired) electrons. The first-order chi connectivity index (χ1) is 18.9. The molecule has 1 saturated heterocycles. The molecule has 2 aromatic carbocycles. The van der Waals surface area contributed by atoms with Crippen LogP contribution < -0.4 is 10.6 Å². The number of hydrogen-bond acceptors (Lipinski definition) is 6. The summed E-state index contributed by atoms with van der Waals surface area (Å²) in [5.41, 5.74) is 2.40. The molecular weight excluding hydrogens is 499 g/mol. The zero-order chi connectivity index (χ0) is 27.4. The Morgan fingerprint density at radius 1 is 1.08 bits per heavy atom. The zero-order valence-electron chi connectivity index (χ0n) is 22.3. The lowest BCUT2D eigenvalue weighted by atomic mass is 10.1. The highest BCUT2D eigenvalue weighted by atomic mass is 19.1. The fourth-order valence-corrected chi connectivity index (χ4v) is 5.28. The minimum absolute atomic E-state index is 0.0571. The molecule has 2 amide bonds. The summed E-state index contributed by atoms with van der Waals surface area (Å²) in [6, 6.07) is 13.4. The van der Waals surface area contributed by atoms with Gasteiger partial charge in [0.05, 0.1) is 30.3 Å². The van der Waals surface area contributed by atoms with Gasteiger partial charge in [-0.1, -0.05) is 17.3 Å². The van der Waals surface area contributed by atoms with E-state index in [4.69, 9.17) is 4.74 Å². The first kappa shape index (κ1) is 27.0. The van der Waals surface area contributed by atoms with Crippen molar-refractivity contribution in [3.8, 4) is 5.69 Å². The van der Waals surface area contributed by atoms with Gasteiger partial charge >= 0.3 is 0 Å². The molecule has 1 aliphatic carbocycles. The van der Waals surface area contributed by atoms with E-state index in [0.717, 1.165) is 30.6 Å². The second kappa shape index (κ2) is 12.0. The lowest BCUT2D eigenvalue weighted by Gasteiger charge is -2.37. The number of carbonyl (C=O) groups is 2. The van der Waals surface area contributed by atoms with E-state index in [1.54, 1.807) is 46.2 Å². The monoisotopic (exact) mass is 534 g/mol. The third-order valence-corrected chi connectivity index (χ3v) is 7.32. The van der Waals surface area contributed by atoms with E-state index >= 15 is 0 Å². The van der Waals surface area contributed by atoms with Gasteiger partial charge in [-0.2, -0.15) is 0 Å². The van der Waals surface area contributed by atoms with Gasteiger partial charge < -0.3 is 20.3 Å². The minimum Gasteiger partial charge on any atom is -0.372 e. The molecule has 10 heteroatoms. The number of halogens is 1. The zero-order valence-corrected chi connectivity index (χ0v) is 22.3. The van der Waals surface area contributed by atoms with Crippen molar-refractivity contribution in [3.05, 3.63) is 77.9 Å². The number of amides is 2. The summed E-state index contributed by atoms with van der Waals surface area (Å²) >= 11 is 0. The summed E-state index contributed by atoms with van der Waals surface area (Å²) in [7, 11) is 0. The number of ether oxygens (including phenoxy) is 1. The average molecular weight is 535 g/mol. The highest BCUT2D eigenvalue weighted by Gasteiger charge is 2.38. The van der Waals surface area contributed by atoms with Crippen LogP contribution in [0.5, 0.6) is 0 Å². The quantitative estimate of drug-likeness (QED) is 0.388. The molecule has 1 aliphatic heterocycles. The van der Waals surface area contributed by atoms with Gasteiger partial charge in [0, 0.05) is 30.6 Å². The van der Waals surface area contributed by atoms with Gasteiger partial charge in [0.1, 0.15) is 11.9 Å². The summed E-state index contributed by atoms with van der Waals surface area (Å²) in [4.78, 5) is 28.5. The van der Waals surface area contributed by atoms with Crippen LogP contribution in [0.3, 0.4) is 0 Å². The molecule has 2 N–H and O–H groups in total. The number of rotatable bonds is 10. The molecule has 2 fully saturated rings. The fourth-order valence-electron chi connectivity index (χ4n) is 5.28. The molecule has 39 heavy (non-hydrogen) atoms. The second-order valence-electron chi connectivity index (χ2n) is 10.5. The molecule has 1 saturated carbocycles. The minimum atomic E-state index is -0.640. The lowest BCUT2D eigenvalue weighted by Crippen LogP contribution is -2.55. The van der Waals surface area contributed by atoms with Crippen molar-refractivity contribution >= 4 is 11.8 Å². The number of carbonyl (C=O) groups excluding carboxylic acids is 2. The van der Waals surface area contributed by atoms with Gasteiger partial charge in [-0.3, -0.25) is 9.59 Å². The smallest absolute Gasteiger partial charge is 0.251 e. The summed E-state index contributed by atoms with van der Waals surface area (Å²) in [6.45, 7) is 5.64. The SMILES string of the molecule is C[C@@H]1CN(C(=O)[C@H](CCCN[C@@H]2C[C@H]2c2ccc(F)cc2)NC(=O)c2ccc(-n3ccnn3)cc2)C[C@H](C)O1. The van der Waals surface area contributed by atoms with Crippen molar-refractivity contribution in [1.29, 1.82) is 0 Å². The normalized spacial score (nSPS) is 23.3. The molecule has 2 aliphatic rings. The largest absolute Gasteiger partial charge is 0.372 e. The van der Waals surface area contributed by atoms with E-state index in [2.05, 4.69) is 20.9 Å². The molecule has 5 rings (SSSR count). The third-order valence-electron chi connectivity index (χ3n) is 7.32. The summed E-state index contributed by atoms with van der Waals surface area (Å²) in [6.07, 6.45) is 5.46. The van der Waals surface area contributed by atoms with Crippen LogP contribution in [0.25, 0.3) is 5.69 Å². The van der Waals surface area contributed by atoms with E-state index in [-0.39, 0.29) is 29.8 Å². The van der Waals surface area contributed by atoms with Crippen LogP contribution in [-0.2, 0) is 9.53 Å². The molecule has 1 aromatic heterocycles. The van der Waals surface area contributed by atoms with Gasteiger partial charge in [-0.15, -0.1) is 5.10 Å². The van der Waals surface area contributed by atoms with E-state index in [1.165, 1.54) is 12.1 Å². The second-order valence-corrected chi connectivity index (χ2v) is 10.5. The maximum Gasteiger partial charge on any atom is 0.251 e. The van der Waals surface area contributed by atoms with Crippen LogP contribution in [0.4, 0.5) is 4.39 Å². The fraction of sp³-hybridized carbons (Fsp3) is 0.448. The van der Waals surface area contributed by atoms with Gasteiger partial charge in [0.15, 0.2) is 0 Å². The van der Waals surface area contributed by atoms with Crippen molar-refractivity contribution in [2.24, 2.45) is 0 Å². The van der Waals surface area contributed by atoms with Crippen LogP contribution in [0.1, 0.15) is 54.9 Å². The van der Waals surface area contributed by atoms with Crippen molar-refractivity contribution in [1.82, 2.24) is 30.5 Å². The number of hydrogen-bond donors (Lipinski definition) is 2. The number of morpholine rings is 1. The molecule has 2 heterocycles. The predicted molar refractivity (Wildman–Crippen MR) is 144 cm³/mol. The van der Waals surface area contributed by atoms with Crippen LogP contribution in [0.15, 0.2) is 60.9 Å². The highest BCUT2D eigenvalue weighted by molar-refractivity contribution is 5.97. The van der Waals surface area contributed by atoms with Crippen LogP contribution in [0, 0.1) is 5.82 Å². The Morgan fingerprint density at radius 2 is 1.79 bits per heavy atom. The van der Waals surface area contributed by atoms with E-state index < -0.39 is 6.04 Å². The van der Waals surface area contributed by atoms with Crippen molar-refractivity contribution in [3.63, 3.8) is 0 Å². The Kier molecular flexibility index (Phi) is 8.33. The molecule has 206 valence electrons. The molecule has 9 nitrogen and oxygen atoms in total. The van der Waals surface area contributed by atoms with Crippen LogP contribution in [-0.4, -0.2) is 75.6 Å². The Labute approximate surface area is 227 Å². The topological polar surface area (TPSA) is 101 Å². The summed E-state index contributed by atoms with van der Waals surface area (Å²) in [5.74, 6) is -0.212. The van der Waals surface area contributed by atoms with Crippen molar-refractivity contribution < 1.29 is 18.7 Å². The maximum absolute atomic E-state index is 13.6. The first-order valence-electron chi connectivity index (χ1n) is 13.6. The molecule has 0 bridgehead atoms. The van der Waals surface area contributed by atoms with Crippen LogP contribution in [0.2, 0.25) is 0 Å². The molecule has 3 aromatic rings. The number of nitrogens with one attached hydrogen (secondary N) is 2. The predicted octanol–water partition coefficient (Wildman–Crippen LogP) is 3.07. The Bertz CT molecular complexity index is 1240. The van der Waals surface area contributed by atoms with E-state index in [1.807, 2.05) is 26.0 Å². The maximum atomic E-state index is 13.6. The third kappa shape index (κ3) is 6.88. The summed E-state index contributed by atoms with van der Waals surface area (Å²) < 4.78 is 20.6. The molecular formula is C29H35FN6O3. The van der Waals surface area contributed by atoms with Gasteiger partial charge in [0.2, 0.25) is 5.91 Å². The number of nitrogens with zero attached hydrogens (tertiary/aromatic N) is 4. The van der Waals surface area contributed by atoms with Gasteiger partial charge in [-0.25, -0.2) is 9.07 Å². The Hall–Kier alpha value is -3.63. The Balaban J connectivity index is 1.18. The van der Waals surface area contributed by atoms with Gasteiger partial charge in [-0.05, 0) is 81.6 Å². The van der Waals surface area contributed by atoms with Crippen molar-refractivity contribution in [2.75, 3.05) is 19.6 Å². The van der Waals surface area contributed by atoms with E-state index in [0.29, 0.717) is 37.0 Å².